The molecule has 0 aromatic rings. The summed E-state index contributed by atoms with van der Waals surface area (Å²) in [5, 5.41) is 3.76. The topological polar surface area (TPSA) is 39.7 Å². The molecule has 3 aliphatic rings. The summed E-state index contributed by atoms with van der Waals surface area (Å²) in [4.78, 5) is 0. The Hall–Kier alpha value is -0.160. The van der Waals surface area contributed by atoms with E-state index in [-0.39, 0.29) is 11.2 Å². The average molecular weight is 297 g/mol. The molecule has 2 heterocycles. The standard InChI is InChI=1S/C17H31NO3/c1-3-18-15(17(19-2)6-4-7-17)14-5-10-21-16(13-14)8-11-20-12-9-16/h14-15,18H,3-13H2,1-2H3. The average Bonchev–Trinajstić information content (AvgIpc) is 2.47. The van der Waals surface area contributed by atoms with Gasteiger partial charge in [-0.1, -0.05) is 6.92 Å². The van der Waals surface area contributed by atoms with Crippen LogP contribution in [0.15, 0.2) is 0 Å². The fourth-order valence-corrected chi connectivity index (χ4v) is 4.61. The first-order chi connectivity index (χ1) is 10.2. The second kappa shape index (κ2) is 6.53. The first-order valence-corrected chi connectivity index (χ1v) is 8.74. The number of nitrogens with one attached hydrogen (secondary N) is 1. The summed E-state index contributed by atoms with van der Waals surface area (Å²) in [5.41, 5.74) is 0.151. The summed E-state index contributed by atoms with van der Waals surface area (Å²) in [7, 11) is 1.90. The zero-order valence-corrected chi connectivity index (χ0v) is 13.7. The maximum absolute atomic E-state index is 6.21. The monoisotopic (exact) mass is 297 g/mol. The van der Waals surface area contributed by atoms with Gasteiger partial charge in [0, 0.05) is 33.0 Å². The lowest BCUT2D eigenvalue weighted by Crippen LogP contribution is -2.62. The third-order valence-electron chi connectivity index (χ3n) is 6.00. The second-order valence-corrected chi connectivity index (χ2v) is 7.05. The molecular formula is C17H31NO3. The fourth-order valence-electron chi connectivity index (χ4n) is 4.61. The lowest BCUT2D eigenvalue weighted by molar-refractivity contribution is -0.171. The van der Waals surface area contributed by atoms with Gasteiger partial charge in [0.05, 0.1) is 11.2 Å². The number of hydrogen-bond donors (Lipinski definition) is 1. The Balaban J connectivity index is 1.72. The van der Waals surface area contributed by atoms with Crippen molar-refractivity contribution in [3.8, 4) is 0 Å². The molecule has 122 valence electrons. The smallest absolute Gasteiger partial charge is 0.0833 e. The van der Waals surface area contributed by atoms with Crippen LogP contribution in [0.2, 0.25) is 0 Å². The van der Waals surface area contributed by atoms with Crippen LogP contribution in [-0.2, 0) is 14.2 Å². The fraction of sp³-hybridized carbons (Fsp3) is 1.00. The summed E-state index contributed by atoms with van der Waals surface area (Å²) >= 11 is 0. The van der Waals surface area contributed by atoms with Gasteiger partial charge < -0.3 is 19.5 Å². The van der Waals surface area contributed by atoms with Crippen molar-refractivity contribution in [2.75, 3.05) is 33.5 Å². The van der Waals surface area contributed by atoms with Gasteiger partial charge in [0.25, 0.3) is 0 Å². The molecule has 2 saturated heterocycles. The van der Waals surface area contributed by atoms with Crippen LogP contribution in [0.3, 0.4) is 0 Å². The Bertz CT molecular complexity index is 326. The lowest BCUT2D eigenvalue weighted by atomic mass is 9.66. The number of methoxy groups -OCH3 is 1. The van der Waals surface area contributed by atoms with E-state index in [4.69, 9.17) is 14.2 Å². The summed E-state index contributed by atoms with van der Waals surface area (Å²) in [6, 6.07) is 0.477. The molecule has 1 saturated carbocycles. The van der Waals surface area contributed by atoms with Gasteiger partial charge >= 0.3 is 0 Å². The molecule has 2 unspecified atom stereocenters. The maximum atomic E-state index is 6.21. The Kier molecular flexibility index (Phi) is 4.89. The molecule has 0 radical (unpaired) electrons. The first kappa shape index (κ1) is 15.7. The Labute approximate surface area is 128 Å². The predicted molar refractivity (Wildman–Crippen MR) is 82.5 cm³/mol. The molecule has 2 atom stereocenters. The molecule has 1 spiro atoms. The van der Waals surface area contributed by atoms with Crippen molar-refractivity contribution in [1.29, 1.82) is 0 Å². The first-order valence-electron chi connectivity index (χ1n) is 8.74. The summed E-state index contributed by atoms with van der Waals surface area (Å²) in [6.45, 7) is 5.83. The van der Waals surface area contributed by atoms with E-state index in [1.54, 1.807) is 0 Å². The molecule has 3 fully saturated rings. The molecule has 1 aliphatic carbocycles. The zero-order chi connectivity index (χ0) is 14.8. The molecule has 21 heavy (non-hydrogen) atoms. The third-order valence-corrected chi connectivity index (χ3v) is 6.00. The highest BCUT2D eigenvalue weighted by Gasteiger charge is 2.50. The van der Waals surface area contributed by atoms with Gasteiger partial charge in [0.1, 0.15) is 0 Å². The Morgan fingerprint density at radius 2 is 1.95 bits per heavy atom. The van der Waals surface area contributed by atoms with Gasteiger partial charge in [-0.15, -0.1) is 0 Å². The minimum absolute atomic E-state index is 0.0738. The van der Waals surface area contributed by atoms with E-state index in [1.807, 2.05) is 7.11 Å². The Morgan fingerprint density at radius 3 is 2.52 bits per heavy atom. The highest BCUT2D eigenvalue weighted by molar-refractivity contribution is 5.05. The van der Waals surface area contributed by atoms with Gasteiger partial charge in [-0.25, -0.2) is 0 Å². The molecular weight excluding hydrogens is 266 g/mol. The molecule has 0 amide bonds. The van der Waals surface area contributed by atoms with Crippen molar-refractivity contribution in [1.82, 2.24) is 5.32 Å². The molecule has 2 aliphatic heterocycles. The highest BCUT2D eigenvalue weighted by Crippen LogP contribution is 2.46. The molecule has 0 aromatic carbocycles. The van der Waals surface area contributed by atoms with Crippen molar-refractivity contribution in [2.24, 2.45) is 5.92 Å². The van der Waals surface area contributed by atoms with Crippen molar-refractivity contribution in [3.05, 3.63) is 0 Å². The van der Waals surface area contributed by atoms with Gasteiger partial charge in [-0.3, -0.25) is 0 Å². The number of hydrogen-bond acceptors (Lipinski definition) is 4. The second-order valence-electron chi connectivity index (χ2n) is 7.05. The van der Waals surface area contributed by atoms with E-state index in [1.165, 1.54) is 25.7 Å². The normalized spacial score (nSPS) is 32.6. The van der Waals surface area contributed by atoms with E-state index in [0.717, 1.165) is 45.6 Å². The Morgan fingerprint density at radius 1 is 1.19 bits per heavy atom. The largest absolute Gasteiger partial charge is 0.381 e. The van der Waals surface area contributed by atoms with Crippen LogP contribution in [-0.4, -0.2) is 50.7 Å². The number of ether oxygens (including phenoxy) is 3. The van der Waals surface area contributed by atoms with Gasteiger partial charge in [-0.05, 0) is 57.4 Å². The molecule has 0 bridgehead atoms. The van der Waals surface area contributed by atoms with E-state index in [0.29, 0.717) is 12.0 Å². The minimum Gasteiger partial charge on any atom is -0.381 e. The van der Waals surface area contributed by atoms with Crippen LogP contribution in [0.25, 0.3) is 0 Å². The molecule has 3 rings (SSSR count). The summed E-state index contributed by atoms with van der Waals surface area (Å²) < 4.78 is 17.7. The summed E-state index contributed by atoms with van der Waals surface area (Å²) in [5.74, 6) is 0.664. The van der Waals surface area contributed by atoms with E-state index < -0.39 is 0 Å². The summed E-state index contributed by atoms with van der Waals surface area (Å²) in [6.07, 6.45) is 8.15. The van der Waals surface area contributed by atoms with Crippen LogP contribution in [0.1, 0.15) is 51.9 Å². The van der Waals surface area contributed by atoms with Crippen molar-refractivity contribution in [2.45, 2.75) is 69.1 Å². The van der Waals surface area contributed by atoms with Crippen LogP contribution < -0.4 is 5.32 Å². The molecule has 4 nitrogen and oxygen atoms in total. The maximum Gasteiger partial charge on any atom is 0.0833 e. The van der Waals surface area contributed by atoms with Crippen molar-refractivity contribution < 1.29 is 14.2 Å². The van der Waals surface area contributed by atoms with Crippen LogP contribution in [0, 0.1) is 5.92 Å². The van der Waals surface area contributed by atoms with E-state index in [9.17, 15) is 0 Å². The number of likely N-dealkylation sites (N-methyl/N-ethyl adjacent to an activating group) is 1. The lowest BCUT2D eigenvalue weighted by Gasteiger charge is -2.53. The SMILES string of the molecule is CCNC(C1CCOC2(CCOCC2)C1)C1(OC)CCC1. The highest BCUT2D eigenvalue weighted by atomic mass is 16.5. The van der Waals surface area contributed by atoms with Crippen LogP contribution >= 0.6 is 0 Å². The van der Waals surface area contributed by atoms with Crippen LogP contribution in [0.4, 0.5) is 0 Å². The van der Waals surface area contributed by atoms with E-state index >= 15 is 0 Å². The van der Waals surface area contributed by atoms with E-state index in [2.05, 4.69) is 12.2 Å². The molecule has 4 heteroatoms. The van der Waals surface area contributed by atoms with Crippen molar-refractivity contribution in [3.63, 3.8) is 0 Å². The van der Waals surface area contributed by atoms with Crippen LogP contribution in [0.5, 0.6) is 0 Å². The quantitative estimate of drug-likeness (QED) is 0.846. The zero-order valence-electron chi connectivity index (χ0n) is 13.7. The van der Waals surface area contributed by atoms with Crippen molar-refractivity contribution >= 4 is 0 Å². The van der Waals surface area contributed by atoms with Gasteiger partial charge in [-0.2, -0.15) is 0 Å². The molecule has 0 aromatic heterocycles. The number of rotatable bonds is 5. The third kappa shape index (κ3) is 3.00. The minimum atomic E-state index is 0.0738. The predicted octanol–water partition coefficient (Wildman–Crippen LogP) is 2.51. The van der Waals surface area contributed by atoms with Gasteiger partial charge in [0.15, 0.2) is 0 Å². The molecule has 1 N–H and O–H groups in total. The van der Waals surface area contributed by atoms with Gasteiger partial charge in [0.2, 0.25) is 0 Å².